The first-order valence-electron chi connectivity index (χ1n) is 7.84. The van der Waals surface area contributed by atoms with Gasteiger partial charge in [0.05, 0.1) is 0 Å². The number of nitrogens with zero attached hydrogens (tertiary/aromatic N) is 1. The van der Waals surface area contributed by atoms with E-state index in [1.54, 1.807) is 0 Å². The first-order chi connectivity index (χ1) is 9.09. The van der Waals surface area contributed by atoms with Gasteiger partial charge in [-0.05, 0) is 37.6 Å². The molecule has 19 heavy (non-hydrogen) atoms. The molecule has 1 heterocycles. The summed E-state index contributed by atoms with van der Waals surface area (Å²) < 4.78 is 0. The van der Waals surface area contributed by atoms with Gasteiger partial charge in [-0.15, -0.1) is 0 Å². The summed E-state index contributed by atoms with van der Waals surface area (Å²) in [7, 11) is 0. The van der Waals surface area contributed by atoms with Crippen molar-refractivity contribution in [3.63, 3.8) is 0 Å². The van der Waals surface area contributed by atoms with Gasteiger partial charge in [0.25, 0.3) is 0 Å². The zero-order valence-corrected chi connectivity index (χ0v) is 12.5. The predicted molar refractivity (Wildman–Crippen MR) is 77.8 cm³/mol. The number of nitrogens with one attached hydrogen (secondary N) is 1. The summed E-state index contributed by atoms with van der Waals surface area (Å²) in [6.07, 6.45) is 5.58. The molecule has 2 fully saturated rings. The number of carbonyl (C=O) groups is 1. The molecule has 1 aliphatic carbocycles. The van der Waals surface area contributed by atoms with E-state index in [1.807, 2.05) is 0 Å². The van der Waals surface area contributed by atoms with Crippen molar-refractivity contribution < 1.29 is 4.79 Å². The van der Waals surface area contributed by atoms with Crippen LogP contribution >= 0.6 is 0 Å². The van der Waals surface area contributed by atoms with Crippen LogP contribution in [-0.4, -0.2) is 42.5 Å². The van der Waals surface area contributed by atoms with Crippen molar-refractivity contribution in [1.82, 2.24) is 10.2 Å². The summed E-state index contributed by atoms with van der Waals surface area (Å²) in [4.78, 5) is 14.8. The second-order valence-electron chi connectivity index (χ2n) is 6.48. The zero-order chi connectivity index (χ0) is 13.9. The molecule has 0 aromatic rings. The lowest BCUT2D eigenvalue weighted by atomic mass is 9.66. The molecular weight excluding hydrogens is 238 g/mol. The Morgan fingerprint density at radius 3 is 2.74 bits per heavy atom. The lowest BCUT2D eigenvalue weighted by Crippen LogP contribution is -2.64. The van der Waals surface area contributed by atoms with Crippen LogP contribution < -0.4 is 11.1 Å². The quantitative estimate of drug-likeness (QED) is 0.811. The van der Waals surface area contributed by atoms with Gasteiger partial charge in [-0.25, -0.2) is 0 Å². The smallest absolute Gasteiger partial charge is 0.238 e. The van der Waals surface area contributed by atoms with Crippen LogP contribution in [0.15, 0.2) is 0 Å². The lowest BCUT2D eigenvalue weighted by Gasteiger charge is -2.50. The minimum absolute atomic E-state index is 0.0900. The fourth-order valence-electron chi connectivity index (χ4n) is 4.17. The lowest BCUT2D eigenvalue weighted by molar-refractivity contribution is -0.139. The van der Waals surface area contributed by atoms with Gasteiger partial charge < -0.3 is 11.1 Å². The maximum atomic E-state index is 12.4. The van der Waals surface area contributed by atoms with Crippen LogP contribution in [0.4, 0.5) is 0 Å². The highest BCUT2D eigenvalue weighted by atomic mass is 16.1. The zero-order valence-electron chi connectivity index (χ0n) is 12.5. The maximum Gasteiger partial charge on any atom is 0.238 e. The van der Waals surface area contributed by atoms with Gasteiger partial charge in [-0.2, -0.15) is 0 Å². The van der Waals surface area contributed by atoms with Crippen LogP contribution in [0.25, 0.3) is 0 Å². The van der Waals surface area contributed by atoms with E-state index in [2.05, 4.69) is 24.1 Å². The molecule has 0 spiro atoms. The Bertz CT molecular complexity index is 311. The number of rotatable bonds is 3. The standard InChI is InChI=1S/C15H29N3O/c1-12(2)13-6-3-4-7-15(13,14(16)19)18-10-5-8-17-9-11-18/h12-13,17H,3-11H2,1-2H3,(H2,16,19). The number of hydrogen-bond acceptors (Lipinski definition) is 3. The summed E-state index contributed by atoms with van der Waals surface area (Å²) >= 11 is 0. The molecular formula is C15H29N3O. The molecule has 1 aliphatic heterocycles. The van der Waals surface area contributed by atoms with Crippen molar-refractivity contribution in [2.45, 2.75) is 51.5 Å². The number of amides is 1. The fraction of sp³-hybridized carbons (Fsp3) is 0.933. The largest absolute Gasteiger partial charge is 0.368 e. The van der Waals surface area contributed by atoms with Crippen molar-refractivity contribution in [2.75, 3.05) is 26.2 Å². The Balaban J connectivity index is 2.30. The minimum Gasteiger partial charge on any atom is -0.368 e. The molecule has 2 atom stereocenters. The van der Waals surface area contributed by atoms with E-state index in [0.29, 0.717) is 11.8 Å². The molecule has 4 nitrogen and oxygen atoms in total. The van der Waals surface area contributed by atoms with E-state index in [-0.39, 0.29) is 5.91 Å². The van der Waals surface area contributed by atoms with Gasteiger partial charge in [-0.1, -0.05) is 26.7 Å². The van der Waals surface area contributed by atoms with Gasteiger partial charge in [-0.3, -0.25) is 9.69 Å². The van der Waals surface area contributed by atoms with Crippen LogP contribution in [0.3, 0.4) is 0 Å². The molecule has 1 saturated carbocycles. The fourth-order valence-corrected chi connectivity index (χ4v) is 4.17. The molecule has 2 unspecified atom stereocenters. The Labute approximate surface area is 117 Å². The molecule has 0 bridgehead atoms. The minimum atomic E-state index is -0.390. The predicted octanol–water partition coefficient (Wildman–Crippen LogP) is 1.35. The van der Waals surface area contributed by atoms with E-state index in [4.69, 9.17) is 5.73 Å². The molecule has 4 heteroatoms. The van der Waals surface area contributed by atoms with Crippen LogP contribution in [0.5, 0.6) is 0 Å². The van der Waals surface area contributed by atoms with E-state index in [1.165, 1.54) is 6.42 Å². The average Bonchev–Trinajstić information content (AvgIpc) is 2.67. The number of primary amides is 1. The van der Waals surface area contributed by atoms with Crippen LogP contribution in [0.1, 0.15) is 46.0 Å². The number of carbonyl (C=O) groups excluding carboxylic acids is 1. The molecule has 2 aliphatic rings. The van der Waals surface area contributed by atoms with Crippen LogP contribution in [0, 0.1) is 11.8 Å². The SMILES string of the molecule is CC(C)C1CCCCC1(C(N)=O)N1CCCNCC1. The second kappa shape index (κ2) is 6.23. The Kier molecular flexibility index (Phi) is 4.85. The van der Waals surface area contributed by atoms with Gasteiger partial charge in [0, 0.05) is 19.6 Å². The number of nitrogens with two attached hydrogens (primary N) is 1. The van der Waals surface area contributed by atoms with Crippen molar-refractivity contribution in [2.24, 2.45) is 17.6 Å². The Morgan fingerprint density at radius 2 is 2.05 bits per heavy atom. The second-order valence-corrected chi connectivity index (χ2v) is 6.48. The van der Waals surface area contributed by atoms with E-state index in [0.717, 1.165) is 51.9 Å². The monoisotopic (exact) mass is 267 g/mol. The first kappa shape index (κ1) is 14.8. The topological polar surface area (TPSA) is 58.4 Å². The third-order valence-electron chi connectivity index (χ3n) is 5.07. The normalized spacial score (nSPS) is 34.2. The maximum absolute atomic E-state index is 12.4. The van der Waals surface area contributed by atoms with E-state index >= 15 is 0 Å². The summed E-state index contributed by atoms with van der Waals surface area (Å²) in [6, 6.07) is 0. The highest BCUT2D eigenvalue weighted by molar-refractivity contribution is 5.85. The number of hydrogen-bond donors (Lipinski definition) is 2. The molecule has 1 saturated heterocycles. The van der Waals surface area contributed by atoms with E-state index in [9.17, 15) is 4.79 Å². The van der Waals surface area contributed by atoms with Gasteiger partial charge in [0.2, 0.25) is 5.91 Å². The van der Waals surface area contributed by atoms with Crippen molar-refractivity contribution in [1.29, 1.82) is 0 Å². The van der Waals surface area contributed by atoms with Crippen molar-refractivity contribution in [3.05, 3.63) is 0 Å². The molecule has 0 aromatic carbocycles. The summed E-state index contributed by atoms with van der Waals surface area (Å²) in [5.41, 5.74) is 5.52. The highest BCUT2D eigenvalue weighted by Gasteiger charge is 2.50. The van der Waals surface area contributed by atoms with Gasteiger partial charge >= 0.3 is 0 Å². The third-order valence-corrected chi connectivity index (χ3v) is 5.07. The van der Waals surface area contributed by atoms with Crippen LogP contribution in [0.2, 0.25) is 0 Å². The Morgan fingerprint density at radius 1 is 1.26 bits per heavy atom. The van der Waals surface area contributed by atoms with Gasteiger partial charge in [0.1, 0.15) is 5.54 Å². The highest BCUT2D eigenvalue weighted by Crippen LogP contribution is 2.42. The molecule has 110 valence electrons. The Hall–Kier alpha value is -0.610. The van der Waals surface area contributed by atoms with Crippen molar-refractivity contribution in [3.8, 4) is 0 Å². The molecule has 2 rings (SSSR count). The molecule has 0 radical (unpaired) electrons. The van der Waals surface area contributed by atoms with E-state index < -0.39 is 5.54 Å². The van der Waals surface area contributed by atoms with Crippen molar-refractivity contribution >= 4 is 5.91 Å². The molecule has 0 aromatic heterocycles. The molecule has 3 N–H and O–H groups in total. The average molecular weight is 267 g/mol. The summed E-state index contributed by atoms with van der Waals surface area (Å²) in [6.45, 7) is 8.45. The summed E-state index contributed by atoms with van der Waals surface area (Å²) in [5.74, 6) is 0.841. The first-order valence-corrected chi connectivity index (χ1v) is 7.84. The van der Waals surface area contributed by atoms with Crippen LogP contribution in [-0.2, 0) is 4.79 Å². The molecule has 1 amide bonds. The summed E-state index contributed by atoms with van der Waals surface area (Å²) in [5, 5.41) is 3.42. The van der Waals surface area contributed by atoms with Gasteiger partial charge in [0.15, 0.2) is 0 Å². The third kappa shape index (κ3) is 2.79.